The average Bonchev–Trinajstić information content (AvgIpc) is 2.05. The smallest absolute Gasteiger partial charge is 0.512 e. The van der Waals surface area contributed by atoms with E-state index in [1.54, 1.807) is 6.92 Å². The Morgan fingerprint density at radius 3 is 2.33 bits per heavy atom. The van der Waals surface area contributed by atoms with Crippen LogP contribution in [0, 0.1) is 6.92 Å². The Morgan fingerprint density at radius 1 is 1.33 bits per heavy atom. The van der Waals surface area contributed by atoms with Gasteiger partial charge in [0.1, 0.15) is 5.75 Å². The molecule has 0 saturated heterocycles. The molecule has 2 N–H and O–H groups in total. The number of rotatable bonds is 3. The molecule has 0 heterocycles. The molecule has 0 fully saturated rings. The molecule has 0 bridgehead atoms. The van der Waals surface area contributed by atoms with E-state index < -0.39 is 17.2 Å². The standard InChI is InChI=1S/C8H11BO5S/c1-6-5-7(15(2,12)13)3-4-8(6)14-9(10)11/h3-5,10-11H,1-2H3. The minimum absolute atomic E-state index is 0.166. The van der Waals surface area contributed by atoms with Gasteiger partial charge in [-0.1, -0.05) is 0 Å². The Labute approximate surface area is 88.4 Å². The molecule has 0 aliphatic rings. The van der Waals surface area contributed by atoms with Crippen LogP contribution in [-0.2, 0) is 9.84 Å². The third kappa shape index (κ3) is 3.23. The highest BCUT2D eigenvalue weighted by Crippen LogP contribution is 2.21. The van der Waals surface area contributed by atoms with Gasteiger partial charge in [-0.15, -0.1) is 0 Å². The molecule has 1 rings (SSSR count). The zero-order chi connectivity index (χ0) is 11.6. The molecule has 0 atom stereocenters. The number of aryl methyl sites for hydroxylation is 1. The lowest BCUT2D eigenvalue weighted by atomic mass is 10.2. The van der Waals surface area contributed by atoms with Crippen molar-refractivity contribution in [2.75, 3.05) is 6.26 Å². The summed E-state index contributed by atoms with van der Waals surface area (Å²) in [5, 5.41) is 17.1. The van der Waals surface area contributed by atoms with E-state index in [-0.39, 0.29) is 10.6 Å². The third-order valence-electron chi connectivity index (χ3n) is 1.81. The summed E-state index contributed by atoms with van der Waals surface area (Å²) in [6.07, 6.45) is 1.10. The van der Waals surface area contributed by atoms with Crippen molar-refractivity contribution in [1.82, 2.24) is 0 Å². The fourth-order valence-corrected chi connectivity index (χ4v) is 1.80. The maximum atomic E-state index is 11.2. The van der Waals surface area contributed by atoms with E-state index in [2.05, 4.69) is 4.65 Å². The van der Waals surface area contributed by atoms with Crippen molar-refractivity contribution < 1.29 is 23.1 Å². The second-order valence-electron chi connectivity index (χ2n) is 3.14. The molecule has 0 amide bonds. The Hall–Kier alpha value is -1.05. The van der Waals surface area contributed by atoms with Crippen LogP contribution < -0.4 is 4.65 Å². The molecule has 0 aliphatic heterocycles. The summed E-state index contributed by atoms with van der Waals surface area (Å²) in [4.78, 5) is 0.166. The Kier molecular flexibility index (Phi) is 3.38. The van der Waals surface area contributed by atoms with E-state index >= 15 is 0 Å². The first-order chi connectivity index (χ1) is 6.80. The lowest BCUT2D eigenvalue weighted by Gasteiger charge is -2.09. The van der Waals surface area contributed by atoms with Gasteiger partial charge in [0.15, 0.2) is 9.84 Å². The lowest BCUT2D eigenvalue weighted by molar-refractivity contribution is 0.287. The van der Waals surface area contributed by atoms with Gasteiger partial charge in [0.25, 0.3) is 0 Å². The molecule has 1 aromatic carbocycles. The maximum Gasteiger partial charge on any atom is 0.707 e. The molecule has 7 heteroatoms. The third-order valence-corrected chi connectivity index (χ3v) is 2.92. The molecule has 0 saturated carbocycles. The fraction of sp³-hybridized carbons (Fsp3) is 0.250. The summed E-state index contributed by atoms with van der Waals surface area (Å²) < 4.78 is 27.0. The van der Waals surface area contributed by atoms with Gasteiger partial charge < -0.3 is 14.7 Å². The van der Waals surface area contributed by atoms with Crippen molar-refractivity contribution in [2.45, 2.75) is 11.8 Å². The van der Waals surface area contributed by atoms with Gasteiger partial charge in [0, 0.05) is 6.26 Å². The second kappa shape index (κ2) is 4.22. The monoisotopic (exact) mass is 230 g/mol. The lowest BCUT2D eigenvalue weighted by Crippen LogP contribution is -2.21. The molecule has 1 aromatic rings. The first-order valence-electron chi connectivity index (χ1n) is 4.14. The highest BCUT2D eigenvalue weighted by atomic mass is 32.2. The van der Waals surface area contributed by atoms with Gasteiger partial charge in [0.2, 0.25) is 0 Å². The summed E-state index contributed by atoms with van der Waals surface area (Å²) >= 11 is 0. The molecule has 15 heavy (non-hydrogen) atoms. The summed E-state index contributed by atoms with van der Waals surface area (Å²) in [6, 6.07) is 4.14. The van der Waals surface area contributed by atoms with Crippen molar-refractivity contribution >= 4 is 17.2 Å². The molecule has 0 radical (unpaired) electrons. The topological polar surface area (TPSA) is 83.8 Å². The van der Waals surface area contributed by atoms with Crippen molar-refractivity contribution in [2.24, 2.45) is 0 Å². The number of hydrogen-bond donors (Lipinski definition) is 2. The molecule has 0 aliphatic carbocycles. The number of benzene rings is 1. The van der Waals surface area contributed by atoms with E-state index in [1.807, 2.05) is 0 Å². The predicted octanol–water partition coefficient (Wildman–Crippen LogP) is -0.253. The van der Waals surface area contributed by atoms with Crippen LogP contribution in [0.15, 0.2) is 23.1 Å². The zero-order valence-corrected chi connectivity index (χ0v) is 9.15. The van der Waals surface area contributed by atoms with Gasteiger partial charge in [-0.05, 0) is 30.7 Å². The van der Waals surface area contributed by atoms with E-state index in [0.717, 1.165) is 6.26 Å². The fourth-order valence-electron chi connectivity index (χ4n) is 1.10. The Balaban J connectivity index is 3.09. The molecule has 0 spiro atoms. The van der Waals surface area contributed by atoms with Crippen molar-refractivity contribution in [3.63, 3.8) is 0 Å². The number of hydrogen-bond acceptors (Lipinski definition) is 5. The van der Waals surface area contributed by atoms with Crippen LogP contribution in [0.3, 0.4) is 0 Å². The van der Waals surface area contributed by atoms with Crippen LogP contribution in [0.5, 0.6) is 5.75 Å². The first-order valence-corrected chi connectivity index (χ1v) is 6.03. The van der Waals surface area contributed by atoms with Crippen molar-refractivity contribution in [1.29, 1.82) is 0 Å². The summed E-state index contributed by atoms with van der Waals surface area (Å²) in [6.45, 7) is 1.62. The summed E-state index contributed by atoms with van der Waals surface area (Å²) in [5.41, 5.74) is 0.519. The minimum Gasteiger partial charge on any atom is -0.512 e. The maximum absolute atomic E-state index is 11.2. The normalized spacial score (nSPS) is 11.2. The van der Waals surface area contributed by atoms with Crippen LogP contribution >= 0.6 is 0 Å². The van der Waals surface area contributed by atoms with Gasteiger partial charge in [-0.3, -0.25) is 0 Å². The first kappa shape index (κ1) is 12.0. The molecular formula is C8H11BO5S. The summed E-state index contributed by atoms with van der Waals surface area (Å²) in [7, 11) is -5.16. The molecule has 5 nitrogen and oxygen atoms in total. The van der Waals surface area contributed by atoms with Crippen LogP contribution in [0.1, 0.15) is 5.56 Å². The van der Waals surface area contributed by atoms with Crippen LogP contribution in [0.25, 0.3) is 0 Å². The molecule has 82 valence electrons. The van der Waals surface area contributed by atoms with Crippen LogP contribution in [0.4, 0.5) is 0 Å². The van der Waals surface area contributed by atoms with Gasteiger partial charge >= 0.3 is 7.32 Å². The van der Waals surface area contributed by atoms with Gasteiger partial charge in [0.05, 0.1) is 4.90 Å². The Bertz CT molecular complexity index is 454. The highest BCUT2D eigenvalue weighted by Gasteiger charge is 2.14. The quantitative estimate of drug-likeness (QED) is 0.699. The predicted molar refractivity (Wildman–Crippen MR) is 55.1 cm³/mol. The zero-order valence-electron chi connectivity index (χ0n) is 8.34. The van der Waals surface area contributed by atoms with Crippen LogP contribution in [-0.4, -0.2) is 32.0 Å². The van der Waals surface area contributed by atoms with Crippen molar-refractivity contribution in [3.05, 3.63) is 23.8 Å². The van der Waals surface area contributed by atoms with Crippen LogP contribution in [0.2, 0.25) is 0 Å². The highest BCUT2D eigenvalue weighted by molar-refractivity contribution is 7.90. The van der Waals surface area contributed by atoms with Crippen molar-refractivity contribution in [3.8, 4) is 5.75 Å². The SMILES string of the molecule is Cc1cc(S(C)(=O)=O)ccc1OB(O)O. The molecular weight excluding hydrogens is 219 g/mol. The average molecular weight is 230 g/mol. The van der Waals surface area contributed by atoms with Gasteiger partial charge in [-0.2, -0.15) is 0 Å². The summed E-state index contributed by atoms with van der Waals surface area (Å²) in [5.74, 6) is 0.234. The van der Waals surface area contributed by atoms with E-state index in [4.69, 9.17) is 10.0 Å². The largest absolute Gasteiger partial charge is 0.707 e. The minimum atomic E-state index is -3.25. The van der Waals surface area contributed by atoms with E-state index in [1.165, 1.54) is 18.2 Å². The number of sulfone groups is 1. The van der Waals surface area contributed by atoms with E-state index in [0.29, 0.717) is 5.56 Å². The molecule has 0 aromatic heterocycles. The van der Waals surface area contributed by atoms with Gasteiger partial charge in [-0.25, -0.2) is 8.42 Å². The molecule has 0 unspecified atom stereocenters. The Morgan fingerprint density at radius 2 is 1.93 bits per heavy atom. The second-order valence-corrected chi connectivity index (χ2v) is 5.16. The van der Waals surface area contributed by atoms with E-state index in [9.17, 15) is 8.42 Å².